The SMILES string of the molecule is Cc1nn(C)c2nc(C(C)C)cc(C(=O)NCC(c3ccco3)N3CCCCC3)c12. The van der Waals surface area contributed by atoms with E-state index in [1.54, 1.807) is 10.9 Å². The molecule has 0 bridgehead atoms. The van der Waals surface area contributed by atoms with Crippen LogP contribution in [0.1, 0.15) is 72.6 Å². The molecule has 160 valence electrons. The summed E-state index contributed by atoms with van der Waals surface area (Å²) in [6.07, 6.45) is 5.33. The van der Waals surface area contributed by atoms with Gasteiger partial charge in [-0.2, -0.15) is 5.10 Å². The number of nitrogens with zero attached hydrogens (tertiary/aromatic N) is 4. The molecule has 4 heterocycles. The molecule has 0 radical (unpaired) electrons. The van der Waals surface area contributed by atoms with Crippen LogP contribution in [-0.4, -0.2) is 45.2 Å². The number of nitrogens with one attached hydrogen (secondary N) is 1. The van der Waals surface area contributed by atoms with Gasteiger partial charge in [0.15, 0.2) is 5.65 Å². The highest BCUT2D eigenvalue weighted by Crippen LogP contribution is 2.27. The Morgan fingerprint density at radius 1 is 1.27 bits per heavy atom. The van der Waals surface area contributed by atoms with Crippen molar-refractivity contribution in [2.75, 3.05) is 19.6 Å². The van der Waals surface area contributed by atoms with Crippen molar-refractivity contribution in [3.05, 3.63) is 47.2 Å². The number of aryl methyl sites for hydroxylation is 2. The molecule has 4 rings (SSSR count). The van der Waals surface area contributed by atoms with Gasteiger partial charge in [0.1, 0.15) is 5.76 Å². The van der Waals surface area contributed by atoms with E-state index in [2.05, 4.69) is 29.2 Å². The number of likely N-dealkylation sites (tertiary alicyclic amines) is 1. The van der Waals surface area contributed by atoms with Crippen LogP contribution in [0.4, 0.5) is 0 Å². The average Bonchev–Trinajstić information content (AvgIpc) is 3.37. The monoisotopic (exact) mass is 409 g/mol. The highest BCUT2D eigenvalue weighted by Gasteiger charge is 2.26. The number of piperidine rings is 1. The van der Waals surface area contributed by atoms with Crippen LogP contribution in [0, 0.1) is 6.92 Å². The highest BCUT2D eigenvalue weighted by atomic mass is 16.3. The number of aromatic nitrogens is 3. The summed E-state index contributed by atoms with van der Waals surface area (Å²) < 4.78 is 7.47. The van der Waals surface area contributed by atoms with E-state index in [4.69, 9.17) is 9.40 Å². The molecule has 1 aliphatic rings. The van der Waals surface area contributed by atoms with Crippen LogP contribution in [0.2, 0.25) is 0 Å². The lowest BCUT2D eigenvalue weighted by Crippen LogP contribution is -2.40. The molecule has 0 aliphatic carbocycles. The highest BCUT2D eigenvalue weighted by molar-refractivity contribution is 6.06. The van der Waals surface area contributed by atoms with Crippen LogP contribution in [-0.2, 0) is 7.05 Å². The number of carbonyl (C=O) groups excluding carboxylic acids is 1. The zero-order valence-electron chi connectivity index (χ0n) is 18.3. The van der Waals surface area contributed by atoms with Crippen molar-refractivity contribution >= 4 is 16.9 Å². The summed E-state index contributed by atoms with van der Waals surface area (Å²) in [4.78, 5) is 20.5. The minimum absolute atomic E-state index is 0.0427. The third-order valence-electron chi connectivity index (χ3n) is 5.98. The maximum absolute atomic E-state index is 13.3. The van der Waals surface area contributed by atoms with Gasteiger partial charge in [0, 0.05) is 19.3 Å². The molecule has 1 unspecified atom stereocenters. The van der Waals surface area contributed by atoms with Gasteiger partial charge in [-0.25, -0.2) is 4.98 Å². The summed E-state index contributed by atoms with van der Waals surface area (Å²) in [7, 11) is 1.87. The van der Waals surface area contributed by atoms with E-state index < -0.39 is 0 Å². The van der Waals surface area contributed by atoms with Crippen molar-refractivity contribution in [3.63, 3.8) is 0 Å². The molecular weight excluding hydrogens is 378 g/mol. The van der Waals surface area contributed by atoms with Crippen molar-refractivity contribution in [2.45, 2.75) is 52.0 Å². The predicted molar refractivity (Wildman–Crippen MR) is 117 cm³/mol. The Hall–Kier alpha value is -2.67. The predicted octanol–water partition coefficient (Wildman–Crippen LogP) is 3.95. The molecule has 1 saturated heterocycles. The molecule has 7 nitrogen and oxygen atoms in total. The van der Waals surface area contributed by atoms with Gasteiger partial charge in [0.25, 0.3) is 5.91 Å². The molecule has 3 aromatic rings. The number of amides is 1. The van der Waals surface area contributed by atoms with E-state index in [0.717, 1.165) is 41.3 Å². The Balaban J connectivity index is 1.62. The van der Waals surface area contributed by atoms with Gasteiger partial charge in [-0.3, -0.25) is 14.4 Å². The lowest BCUT2D eigenvalue weighted by atomic mass is 10.0. The van der Waals surface area contributed by atoms with E-state index >= 15 is 0 Å². The minimum atomic E-state index is -0.0889. The first-order valence-corrected chi connectivity index (χ1v) is 10.9. The molecule has 0 saturated carbocycles. The Morgan fingerprint density at radius 2 is 2.03 bits per heavy atom. The number of rotatable bonds is 6. The first-order valence-electron chi connectivity index (χ1n) is 10.9. The maximum atomic E-state index is 13.3. The largest absolute Gasteiger partial charge is 0.468 e. The molecule has 1 amide bonds. The molecule has 0 aromatic carbocycles. The summed E-state index contributed by atoms with van der Waals surface area (Å²) in [6, 6.07) is 5.87. The van der Waals surface area contributed by atoms with Gasteiger partial charge >= 0.3 is 0 Å². The van der Waals surface area contributed by atoms with Crippen molar-refractivity contribution in [2.24, 2.45) is 7.05 Å². The van der Waals surface area contributed by atoms with Crippen molar-refractivity contribution < 1.29 is 9.21 Å². The van der Waals surface area contributed by atoms with Gasteiger partial charge in [-0.1, -0.05) is 20.3 Å². The van der Waals surface area contributed by atoms with Gasteiger partial charge in [-0.05, 0) is 57.0 Å². The number of pyridine rings is 1. The van der Waals surface area contributed by atoms with Gasteiger partial charge < -0.3 is 9.73 Å². The van der Waals surface area contributed by atoms with E-state index in [0.29, 0.717) is 12.1 Å². The number of furan rings is 1. The lowest BCUT2D eigenvalue weighted by molar-refractivity contribution is 0.0915. The van der Waals surface area contributed by atoms with E-state index in [1.165, 1.54) is 19.3 Å². The summed E-state index contributed by atoms with van der Waals surface area (Å²) in [5.74, 6) is 1.03. The van der Waals surface area contributed by atoms with E-state index in [-0.39, 0.29) is 17.9 Å². The van der Waals surface area contributed by atoms with E-state index in [9.17, 15) is 4.79 Å². The normalized spacial score (nSPS) is 16.3. The second-order valence-corrected chi connectivity index (χ2v) is 8.49. The smallest absolute Gasteiger partial charge is 0.252 e. The van der Waals surface area contributed by atoms with Crippen LogP contribution < -0.4 is 5.32 Å². The average molecular weight is 410 g/mol. The van der Waals surface area contributed by atoms with Crippen LogP contribution >= 0.6 is 0 Å². The molecule has 0 spiro atoms. The maximum Gasteiger partial charge on any atom is 0.252 e. The third-order valence-corrected chi connectivity index (χ3v) is 5.98. The van der Waals surface area contributed by atoms with Crippen LogP contribution in [0.25, 0.3) is 11.0 Å². The number of hydrogen-bond donors (Lipinski definition) is 1. The van der Waals surface area contributed by atoms with E-state index in [1.807, 2.05) is 32.2 Å². The van der Waals surface area contributed by atoms with Gasteiger partial charge in [0.05, 0.1) is 28.9 Å². The van der Waals surface area contributed by atoms with Crippen LogP contribution in [0.5, 0.6) is 0 Å². The fraction of sp³-hybridized carbons (Fsp3) is 0.522. The lowest BCUT2D eigenvalue weighted by Gasteiger charge is -2.33. The number of hydrogen-bond acceptors (Lipinski definition) is 5. The summed E-state index contributed by atoms with van der Waals surface area (Å²) in [5, 5.41) is 8.49. The summed E-state index contributed by atoms with van der Waals surface area (Å²) in [6.45, 7) is 8.66. The second kappa shape index (κ2) is 8.60. The molecule has 1 atom stereocenters. The van der Waals surface area contributed by atoms with Crippen molar-refractivity contribution in [1.29, 1.82) is 0 Å². The Bertz CT molecular complexity index is 1020. The molecule has 1 fully saturated rings. The molecule has 3 aromatic heterocycles. The van der Waals surface area contributed by atoms with Crippen molar-refractivity contribution in [3.8, 4) is 0 Å². The Morgan fingerprint density at radius 3 is 2.70 bits per heavy atom. The van der Waals surface area contributed by atoms with Gasteiger partial charge in [-0.15, -0.1) is 0 Å². The quantitative estimate of drug-likeness (QED) is 0.667. The second-order valence-electron chi connectivity index (χ2n) is 8.49. The summed E-state index contributed by atoms with van der Waals surface area (Å²) in [5.41, 5.74) is 3.11. The fourth-order valence-electron chi connectivity index (χ4n) is 4.34. The first kappa shape index (κ1) is 20.6. The van der Waals surface area contributed by atoms with Crippen molar-refractivity contribution in [1.82, 2.24) is 25.0 Å². The first-order chi connectivity index (χ1) is 14.5. The number of fused-ring (bicyclic) bond motifs is 1. The Kier molecular flexibility index (Phi) is 5.90. The molecule has 7 heteroatoms. The summed E-state index contributed by atoms with van der Waals surface area (Å²) >= 11 is 0. The van der Waals surface area contributed by atoms with Gasteiger partial charge in [0.2, 0.25) is 0 Å². The molecule has 30 heavy (non-hydrogen) atoms. The Labute approximate surface area is 177 Å². The zero-order valence-corrected chi connectivity index (χ0v) is 18.3. The van der Waals surface area contributed by atoms with Crippen LogP contribution in [0.3, 0.4) is 0 Å². The standard InChI is InChI=1S/C23H31N5O2/c1-15(2)18-13-17(21-16(3)26-27(4)22(21)25-18)23(29)24-14-19(20-9-8-12-30-20)28-10-6-5-7-11-28/h8-9,12-13,15,19H,5-7,10-11,14H2,1-4H3,(H,24,29). The van der Waals surface area contributed by atoms with Crippen LogP contribution in [0.15, 0.2) is 28.9 Å². The third kappa shape index (κ3) is 3.99. The minimum Gasteiger partial charge on any atom is -0.468 e. The molecule has 1 N–H and O–H groups in total. The fourth-order valence-corrected chi connectivity index (χ4v) is 4.34. The molecule has 1 aliphatic heterocycles. The topological polar surface area (TPSA) is 76.2 Å². The zero-order chi connectivity index (χ0) is 21.3. The molecular formula is C23H31N5O2. The number of carbonyl (C=O) groups is 1.